The van der Waals surface area contributed by atoms with Gasteiger partial charge in [-0.1, -0.05) is 262 Å². The molecule has 0 bridgehead atoms. The van der Waals surface area contributed by atoms with Crippen molar-refractivity contribution in [3.8, 4) is 0 Å². The van der Waals surface area contributed by atoms with E-state index in [0.29, 0.717) is 19.3 Å². The fourth-order valence-corrected chi connectivity index (χ4v) is 8.43. The van der Waals surface area contributed by atoms with E-state index in [0.717, 1.165) is 77.0 Å². The molecule has 0 spiro atoms. The number of carbonyl (C=O) groups excluding carboxylic acids is 3. The lowest BCUT2D eigenvalue weighted by atomic mass is 10.0. The quantitative estimate of drug-likeness (QED) is 0.0262. The summed E-state index contributed by atoms with van der Waals surface area (Å²) in [6.45, 7) is 6.62. The summed E-state index contributed by atoms with van der Waals surface area (Å²) in [6, 6.07) is 0. The van der Waals surface area contributed by atoms with Crippen molar-refractivity contribution in [1.29, 1.82) is 0 Å². The van der Waals surface area contributed by atoms with E-state index in [1.54, 1.807) is 0 Å². The van der Waals surface area contributed by atoms with Gasteiger partial charge in [-0.15, -0.1) is 0 Å². The van der Waals surface area contributed by atoms with Crippen LogP contribution in [0.3, 0.4) is 0 Å². The van der Waals surface area contributed by atoms with Gasteiger partial charge in [0, 0.05) is 19.3 Å². The molecule has 1 unspecified atom stereocenters. The third-order valence-electron chi connectivity index (χ3n) is 12.9. The van der Waals surface area contributed by atoms with E-state index in [-0.39, 0.29) is 31.1 Å². The van der Waals surface area contributed by atoms with Gasteiger partial charge in [-0.25, -0.2) is 0 Å². The predicted molar refractivity (Wildman–Crippen MR) is 289 cm³/mol. The summed E-state index contributed by atoms with van der Waals surface area (Å²) in [7, 11) is 0. The molecule has 6 heteroatoms. The Bertz CT molecular complexity index is 1170. The highest BCUT2D eigenvalue weighted by molar-refractivity contribution is 5.71. The first kappa shape index (κ1) is 64.4. The molecule has 0 saturated heterocycles. The van der Waals surface area contributed by atoms with Gasteiger partial charge in [0.1, 0.15) is 13.2 Å². The average molecular weight is 940 g/mol. The van der Waals surface area contributed by atoms with Crippen LogP contribution in [0.2, 0.25) is 0 Å². The molecule has 0 aromatic carbocycles. The van der Waals surface area contributed by atoms with E-state index in [4.69, 9.17) is 14.2 Å². The topological polar surface area (TPSA) is 78.9 Å². The highest BCUT2D eigenvalue weighted by Crippen LogP contribution is 2.16. The zero-order chi connectivity index (χ0) is 48.6. The number of unbranched alkanes of at least 4 members (excludes halogenated alkanes) is 36. The van der Waals surface area contributed by atoms with E-state index in [2.05, 4.69) is 69.4 Å². The molecule has 390 valence electrons. The van der Waals surface area contributed by atoms with E-state index in [1.165, 1.54) is 186 Å². The van der Waals surface area contributed by atoms with Crippen LogP contribution in [-0.2, 0) is 28.6 Å². The van der Waals surface area contributed by atoms with Crippen molar-refractivity contribution in [2.24, 2.45) is 0 Å². The lowest BCUT2D eigenvalue weighted by molar-refractivity contribution is -0.167. The van der Waals surface area contributed by atoms with Crippen molar-refractivity contribution in [2.45, 2.75) is 309 Å². The van der Waals surface area contributed by atoms with Gasteiger partial charge < -0.3 is 14.2 Å². The second kappa shape index (κ2) is 56.0. The second-order valence-electron chi connectivity index (χ2n) is 19.6. The maximum absolute atomic E-state index is 12.8. The second-order valence-corrected chi connectivity index (χ2v) is 19.6. The van der Waals surface area contributed by atoms with Gasteiger partial charge in [-0.3, -0.25) is 14.4 Å². The molecular formula is C61H110O6. The van der Waals surface area contributed by atoms with Crippen LogP contribution in [0.15, 0.2) is 48.6 Å². The predicted octanol–water partition coefficient (Wildman–Crippen LogP) is 19.4. The van der Waals surface area contributed by atoms with E-state index in [1.807, 2.05) is 0 Å². The largest absolute Gasteiger partial charge is 0.462 e. The zero-order valence-electron chi connectivity index (χ0n) is 44.7. The van der Waals surface area contributed by atoms with E-state index >= 15 is 0 Å². The number of carbonyl (C=O) groups is 3. The maximum Gasteiger partial charge on any atom is 0.306 e. The van der Waals surface area contributed by atoms with Gasteiger partial charge in [0.25, 0.3) is 0 Å². The molecule has 6 nitrogen and oxygen atoms in total. The molecule has 0 aliphatic rings. The molecule has 0 aliphatic heterocycles. The van der Waals surface area contributed by atoms with Crippen LogP contribution in [0.25, 0.3) is 0 Å². The third kappa shape index (κ3) is 54.2. The fraction of sp³-hybridized carbons (Fsp3) is 0.820. The Hall–Kier alpha value is -2.63. The minimum atomic E-state index is -0.780. The molecule has 0 fully saturated rings. The summed E-state index contributed by atoms with van der Waals surface area (Å²) < 4.78 is 16.9. The number of rotatable bonds is 53. The summed E-state index contributed by atoms with van der Waals surface area (Å²) >= 11 is 0. The first-order chi connectivity index (χ1) is 33.0. The molecule has 0 N–H and O–H groups in total. The van der Waals surface area contributed by atoms with Gasteiger partial charge in [0.2, 0.25) is 0 Å². The standard InChI is InChI=1S/C61H110O6/c1-4-7-10-13-16-19-22-25-27-29-31-33-34-36-39-42-45-48-51-54-60(63)66-57-58(56-65-59(62)53-50-47-44-41-38-24-21-18-15-12-9-6-3)67-61(64)55-52-49-46-43-40-37-35-32-30-28-26-23-20-17-14-11-8-5-2/h16,19,22,25,28,30,32,35,58H,4-15,17-18,20-21,23-24,26-27,29,31,33-34,36-57H2,1-3H3/b19-16-,25-22-,30-28-,35-32-. The van der Waals surface area contributed by atoms with Crippen molar-refractivity contribution in [3.63, 3.8) is 0 Å². The molecule has 0 saturated carbocycles. The number of esters is 3. The maximum atomic E-state index is 12.8. The first-order valence-electron chi connectivity index (χ1n) is 29.2. The van der Waals surface area contributed by atoms with Crippen molar-refractivity contribution >= 4 is 17.9 Å². The molecule has 67 heavy (non-hydrogen) atoms. The molecule has 0 radical (unpaired) electrons. The van der Waals surface area contributed by atoms with Crippen molar-refractivity contribution < 1.29 is 28.6 Å². The van der Waals surface area contributed by atoms with Crippen molar-refractivity contribution in [3.05, 3.63) is 48.6 Å². The van der Waals surface area contributed by atoms with Gasteiger partial charge in [0.05, 0.1) is 0 Å². The monoisotopic (exact) mass is 939 g/mol. The van der Waals surface area contributed by atoms with E-state index in [9.17, 15) is 14.4 Å². The summed E-state index contributed by atoms with van der Waals surface area (Å²) in [6.07, 6.45) is 68.1. The number of ether oxygens (including phenoxy) is 3. The number of allylic oxidation sites excluding steroid dienone is 8. The highest BCUT2D eigenvalue weighted by Gasteiger charge is 2.19. The van der Waals surface area contributed by atoms with Gasteiger partial charge in [-0.2, -0.15) is 0 Å². The Kier molecular flexibility index (Phi) is 53.8. The molecule has 0 amide bonds. The Balaban J connectivity index is 4.36. The Morgan fingerprint density at radius 2 is 0.522 bits per heavy atom. The molecule has 0 rings (SSSR count). The summed E-state index contributed by atoms with van der Waals surface area (Å²) in [5.74, 6) is -0.882. The number of hydrogen-bond acceptors (Lipinski definition) is 6. The summed E-state index contributed by atoms with van der Waals surface area (Å²) in [5.41, 5.74) is 0. The highest BCUT2D eigenvalue weighted by atomic mass is 16.6. The lowest BCUT2D eigenvalue weighted by Gasteiger charge is -2.18. The molecule has 0 aromatic heterocycles. The van der Waals surface area contributed by atoms with Crippen LogP contribution in [0.5, 0.6) is 0 Å². The van der Waals surface area contributed by atoms with Crippen LogP contribution >= 0.6 is 0 Å². The average Bonchev–Trinajstić information content (AvgIpc) is 3.33. The van der Waals surface area contributed by atoms with Crippen LogP contribution in [0.4, 0.5) is 0 Å². The van der Waals surface area contributed by atoms with Gasteiger partial charge in [-0.05, 0) is 70.6 Å². The van der Waals surface area contributed by atoms with Gasteiger partial charge in [0.15, 0.2) is 6.10 Å². The van der Waals surface area contributed by atoms with Crippen LogP contribution < -0.4 is 0 Å². The fourth-order valence-electron chi connectivity index (χ4n) is 8.43. The lowest BCUT2D eigenvalue weighted by Crippen LogP contribution is -2.30. The van der Waals surface area contributed by atoms with Crippen molar-refractivity contribution in [2.75, 3.05) is 13.2 Å². The van der Waals surface area contributed by atoms with Crippen molar-refractivity contribution in [1.82, 2.24) is 0 Å². The Morgan fingerprint density at radius 1 is 0.299 bits per heavy atom. The van der Waals surface area contributed by atoms with Crippen LogP contribution in [0.1, 0.15) is 303 Å². The molecule has 0 aliphatic carbocycles. The minimum absolute atomic E-state index is 0.0775. The smallest absolute Gasteiger partial charge is 0.306 e. The molecule has 0 aromatic rings. The zero-order valence-corrected chi connectivity index (χ0v) is 44.7. The van der Waals surface area contributed by atoms with Crippen LogP contribution in [-0.4, -0.2) is 37.2 Å². The Morgan fingerprint density at radius 3 is 0.821 bits per heavy atom. The molecule has 0 heterocycles. The Labute approximate surface area is 416 Å². The van der Waals surface area contributed by atoms with Gasteiger partial charge >= 0.3 is 17.9 Å². The third-order valence-corrected chi connectivity index (χ3v) is 12.9. The van der Waals surface area contributed by atoms with Crippen LogP contribution in [0, 0.1) is 0 Å². The summed E-state index contributed by atoms with van der Waals surface area (Å²) in [4.78, 5) is 38.1. The van der Waals surface area contributed by atoms with E-state index < -0.39 is 6.10 Å². The summed E-state index contributed by atoms with van der Waals surface area (Å²) in [5, 5.41) is 0. The minimum Gasteiger partial charge on any atom is -0.462 e. The SMILES string of the molecule is CCCCC/C=C\C=C/CCCCCCCCCCCCC(=O)OCC(COC(=O)CCCCCCCCCCCCCC)OC(=O)CCCCCCC/C=C\C=C/CCCCCCCCC. The molecular weight excluding hydrogens is 829 g/mol. The number of hydrogen-bond donors (Lipinski definition) is 0. The molecule has 1 atom stereocenters. The first-order valence-corrected chi connectivity index (χ1v) is 29.2. The normalized spacial score (nSPS) is 12.3.